The van der Waals surface area contributed by atoms with Crippen molar-refractivity contribution in [2.24, 2.45) is 4.99 Å². The molecular weight excluding hydrogens is 418 g/mol. The molecule has 2 saturated heterocycles. The van der Waals surface area contributed by atoms with E-state index in [2.05, 4.69) is 29.2 Å². The number of carbonyl (C=O) groups excluding carboxylic acids is 1. The summed E-state index contributed by atoms with van der Waals surface area (Å²) < 4.78 is 5.44. The molecule has 2 fully saturated rings. The van der Waals surface area contributed by atoms with Crippen molar-refractivity contribution in [1.29, 1.82) is 0 Å². The second-order valence-electron chi connectivity index (χ2n) is 7.51. The van der Waals surface area contributed by atoms with Crippen molar-refractivity contribution in [2.45, 2.75) is 0 Å². The minimum Gasteiger partial charge on any atom is -0.378 e. The third-order valence-corrected chi connectivity index (χ3v) is 6.34. The molecule has 5 rings (SSSR count). The van der Waals surface area contributed by atoms with Crippen LogP contribution in [0.2, 0.25) is 0 Å². The Morgan fingerprint density at radius 2 is 1.47 bits per heavy atom. The lowest BCUT2D eigenvalue weighted by Gasteiger charge is -2.28. The first-order chi connectivity index (χ1) is 15.8. The molecule has 0 unspecified atom stereocenters. The van der Waals surface area contributed by atoms with Crippen LogP contribution in [0.15, 0.2) is 94.8 Å². The van der Waals surface area contributed by atoms with Crippen LogP contribution in [-0.2, 0) is 9.53 Å². The van der Waals surface area contributed by atoms with Gasteiger partial charge in [-0.25, -0.2) is 4.99 Å². The predicted octanol–water partition coefficient (Wildman–Crippen LogP) is 5.33. The van der Waals surface area contributed by atoms with Gasteiger partial charge in [0.1, 0.15) is 0 Å². The molecule has 0 radical (unpaired) electrons. The van der Waals surface area contributed by atoms with E-state index in [9.17, 15) is 4.79 Å². The highest BCUT2D eigenvalue weighted by Crippen LogP contribution is 2.37. The summed E-state index contributed by atoms with van der Waals surface area (Å²) in [5.74, 6) is -0.0619. The number of amides is 1. The number of aliphatic imine (C=N–C) groups is 1. The lowest BCUT2D eigenvalue weighted by Crippen LogP contribution is -2.36. The van der Waals surface area contributed by atoms with Crippen LogP contribution in [0, 0.1) is 0 Å². The number of thioether (sulfide) groups is 1. The number of carbonyl (C=O) groups is 1. The molecule has 2 aliphatic heterocycles. The number of amidine groups is 1. The van der Waals surface area contributed by atoms with E-state index in [0.717, 1.165) is 43.2 Å². The highest BCUT2D eigenvalue weighted by atomic mass is 32.2. The molecule has 3 aromatic rings. The summed E-state index contributed by atoms with van der Waals surface area (Å²) in [7, 11) is 0. The molecule has 3 aromatic carbocycles. The Morgan fingerprint density at radius 3 is 2.16 bits per heavy atom. The van der Waals surface area contributed by atoms with Crippen molar-refractivity contribution in [3.05, 3.63) is 95.4 Å². The molecular formula is C26H23N3O2S. The van der Waals surface area contributed by atoms with Crippen LogP contribution in [0.4, 0.5) is 17.1 Å². The van der Waals surface area contributed by atoms with Crippen LogP contribution in [0.5, 0.6) is 0 Å². The van der Waals surface area contributed by atoms with Crippen molar-refractivity contribution in [2.75, 3.05) is 36.1 Å². The topological polar surface area (TPSA) is 45.1 Å². The quantitative estimate of drug-likeness (QED) is 0.513. The Labute approximate surface area is 192 Å². The molecule has 6 heteroatoms. The first-order valence-electron chi connectivity index (χ1n) is 10.6. The number of morpholine rings is 1. The first kappa shape index (κ1) is 20.5. The number of para-hydroxylation sites is 2. The van der Waals surface area contributed by atoms with Crippen molar-refractivity contribution < 1.29 is 9.53 Å². The van der Waals surface area contributed by atoms with Gasteiger partial charge in [-0.3, -0.25) is 9.69 Å². The second-order valence-corrected chi connectivity index (χ2v) is 8.52. The van der Waals surface area contributed by atoms with Gasteiger partial charge in [-0.1, -0.05) is 48.5 Å². The normalized spacial score (nSPS) is 19.2. The zero-order valence-corrected chi connectivity index (χ0v) is 18.4. The molecule has 0 aliphatic carbocycles. The Morgan fingerprint density at radius 1 is 0.812 bits per heavy atom. The second kappa shape index (κ2) is 9.42. The molecule has 5 nitrogen and oxygen atoms in total. The standard InChI is InChI=1S/C26H23N3O2S/c30-25-24(19-20-11-13-22(14-12-20)28-15-17-31-18-16-28)32-26(27-21-7-3-1-4-8-21)29(25)23-9-5-2-6-10-23/h1-14,19H,15-18H2/b24-19-,27-26?. The molecule has 2 aliphatic rings. The number of ether oxygens (including phenoxy) is 1. The molecule has 0 aromatic heterocycles. The van der Waals surface area contributed by atoms with Gasteiger partial charge in [0.15, 0.2) is 5.17 Å². The largest absolute Gasteiger partial charge is 0.378 e. The Balaban J connectivity index is 1.44. The van der Waals surface area contributed by atoms with Gasteiger partial charge < -0.3 is 9.64 Å². The van der Waals surface area contributed by atoms with E-state index in [1.165, 1.54) is 17.4 Å². The molecule has 0 N–H and O–H groups in total. The Hall–Kier alpha value is -3.35. The van der Waals surface area contributed by atoms with Gasteiger partial charge in [0, 0.05) is 18.8 Å². The third-order valence-electron chi connectivity index (χ3n) is 5.37. The summed E-state index contributed by atoms with van der Waals surface area (Å²) in [6.45, 7) is 3.33. The summed E-state index contributed by atoms with van der Waals surface area (Å²) in [4.78, 5) is 22.8. The minimum atomic E-state index is -0.0619. The zero-order valence-electron chi connectivity index (χ0n) is 17.6. The number of hydrogen-bond donors (Lipinski definition) is 0. The van der Waals surface area contributed by atoms with Crippen LogP contribution in [0.3, 0.4) is 0 Å². The fourth-order valence-corrected chi connectivity index (χ4v) is 4.72. The van der Waals surface area contributed by atoms with E-state index in [1.54, 1.807) is 4.90 Å². The monoisotopic (exact) mass is 441 g/mol. The van der Waals surface area contributed by atoms with E-state index in [-0.39, 0.29) is 5.91 Å². The van der Waals surface area contributed by atoms with Crippen LogP contribution in [0.1, 0.15) is 5.56 Å². The summed E-state index contributed by atoms with van der Waals surface area (Å²) >= 11 is 1.40. The van der Waals surface area contributed by atoms with Crippen molar-refractivity contribution in [1.82, 2.24) is 0 Å². The molecule has 0 atom stereocenters. The summed E-state index contributed by atoms with van der Waals surface area (Å²) in [5.41, 5.74) is 3.80. The minimum absolute atomic E-state index is 0.0619. The Bertz CT molecular complexity index is 1140. The van der Waals surface area contributed by atoms with Crippen LogP contribution in [0.25, 0.3) is 6.08 Å². The number of anilines is 2. The average Bonchev–Trinajstić information content (AvgIpc) is 3.15. The molecule has 0 bridgehead atoms. The third kappa shape index (κ3) is 4.47. The van der Waals surface area contributed by atoms with E-state index < -0.39 is 0 Å². The fourth-order valence-electron chi connectivity index (χ4n) is 3.72. The van der Waals surface area contributed by atoms with Gasteiger partial charge in [-0.05, 0) is 59.8 Å². The zero-order chi connectivity index (χ0) is 21.8. The van der Waals surface area contributed by atoms with Gasteiger partial charge >= 0.3 is 0 Å². The van der Waals surface area contributed by atoms with Crippen LogP contribution >= 0.6 is 11.8 Å². The highest BCUT2D eigenvalue weighted by molar-refractivity contribution is 8.19. The van der Waals surface area contributed by atoms with Crippen molar-refractivity contribution in [3.8, 4) is 0 Å². The first-order valence-corrected chi connectivity index (χ1v) is 11.5. The number of hydrogen-bond acceptors (Lipinski definition) is 5. The fraction of sp³-hybridized carbons (Fsp3) is 0.154. The van der Waals surface area contributed by atoms with E-state index in [0.29, 0.717) is 10.1 Å². The molecule has 1 amide bonds. The Kier molecular flexibility index (Phi) is 6.05. The maximum atomic E-state index is 13.4. The summed E-state index contributed by atoms with van der Waals surface area (Å²) in [6, 6.07) is 27.7. The van der Waals surface area contributed by atoms with Crippen LogP contribution < -0.4 is 9.80 Å². The number of rotatable bonds is 4. The molecule has 32 heavy (non-hydrogen) atoms. The molecule has 2 heterocycles. The average molecular weight is 442 g/mol. The highest BCUT2D eigenvalue weighted by Gasteiger charge is 2.34. The molecule has 0 saturated carbocycles. The summed E-state index contributed by atoms with van der Waals surface area (Å²) in [6.07, 6.45) is 1.94. The SMILES string of the molecule is O=C1/C(=C/c2ccc(N3CCOCC3)cc2)SC(=Nc2ccccc2)N1c1ccccc1. The predicted molar refractivity (Wildman–Crippen MR) is 133 cm³/mol. The number of nitrogens with zero attached hydrogens (tertiary/aromatic N) is 3. The van der Waals surface area contributed by atoms with Crippen LogP contribution in [-0.4, -0.2) is 37.4 Å². The van der Waals surface area contributed by atoms with E-state index in [4.69, 9.17) is 9.73 Å². The van der Waals surface area contributed by atoms with E-state index in [1.807, 2.05) is 66.7 Å². The lowest BCUT2D eigenvalue weighted by atomic mass is 10.1. The van der Waals surface area contributed by atoms with Gasteiger partial charge in [0.05, 0.1) is 29.5 Å². The van der Waals surface area contributed by atoms with Gasteiger partial charge in [-0.15, -0.1) is 0 Å². The molecule has 0 spiro atoms. The maximum Gasteiger partial charge on any atom is 0.271 e. The smallest absolute Gasteiger partial charge is 0.271 e. The van der Waals surface area contributed by atoms with Crippen molar-refractivity contribution >= 4 is 46.0 Å². The summed E-state index contributed by atoms with van der Waals surface area (Å²) in [5, 5.41) is 0.656. The van der Waals surface area contributed by atoms with Gasteiger partial charge in [0.2, 0.25) is 0 Å². The molecule has 160 valence electrons. The number of benzene rings is 3. The lowest BCUT2D eigenvalue weighted by molar-refractivity contribution is -0.113. The van der Waals surface area contributed by atoms with Gasteiger partial charge in [0.25, 0.3) is 5.91 Å². The van der Waals surface area contributed by atoms with Crippen molar-refractivity contribution in [3.63, 3.8) is 0 Å². The van der Waals surface area contributed by atoms with E-state index >= 15 is 0 Å². The van der Waals surface area contributed by atoms with Gasteiger partial charge in [-0.2, -0.15) is 0 Å². The maximum absolute atomic E-state index is 13.4.